The Hall–Kier alpha value is -2.08. The molecule has 1 atom stereocenters. The van der Waals surface area contributed by atoms with E-state index in [1.807, 2.05) is 0 Å². The number of nitrogens with zero attached hydrogens (tertiary/aromatic N) is 1. The first-order valence-electron chi connectivity index (χ1n) is 6.30. The Morgan fingerprint density at radius 1 is 1.45 bits per heavy atom. The topological polar surface area (TPSA) is 94.1 Å². The first-order chi connectivity index (χ1) is 9.62. The van der Waals surface area contributed by atoms with Gasteiger partial charge in [-0.25, -0.2) is 4.79 Å². The van der Waals surface area contributed by atoms with Gasteiger partial charge in [0.15, 0.2) is 0 Å². The molecule has 0 spiro atoms. The van der Waals surface area contributed by atoms with E-state index in [4.69, 9.17) is 20.3 Å². The number of carboxylic acids is 1. The van der Waals surface area contributed by atoms with Crippen molar-refractivity contribution in [2.75, 3.05) is 20.8 Å². The number of benzene rings is 1. The van der Waals surface area contributed by atoms with E-state index in [-0.39, 0.29) is 0 Å². The lowest BCUT2D eigenvalue weighted by molar-refractivity contribution is -0.138. The van der Waals surface area contributed by atoms with Crippen LogP contribution in [-0.4, -0.2) is 44.1 Å². The molecule has 3 N–H and O–H groups in total. The Balaban J connectivity index is 2.89. The second-order valence-corrected chi connectivity index (χ2v) is 4.17. The predicted molar refractivity (Wildman–Crippen MR) is 76.9 cm³/mol. The monoisotopic (exact) mass is 280 g/mol. The lowest BCUT2D eigenvalue weighted by atomic mass is 10.1. The summed E-state index contributed by atoms with van der Waals surface area (Å²) in [5.41, 5.74) is 6.08. The minimum absolute atomic E-state index is 0.417. The molecule has 0 radical (unpaired) electrons. The summed E-state index contributed by atoms with van der Waals surface area (Å²) in [5.74, 6) is 0.287. The van der Waals surface area contributed by atoms with Crippen molar-refractivity contribution in [1.29, 1.82) is 0 Å². The molecule has 6 nitrogen and oxygen atoms in total. The lowest BCUT2D eigenvalue weighted by Crippen LogP contribution is -2.19. The lowest BCUT2D eigenvalue weighted by Gasteiger charge is -2.09. The normalized spacial score (nSPS) is 12.3. The third-order valence-corrected chi connectivity index (χ3v) is 2.80. The van der Waals surface area contributed by atoms with Gasteiger partial charge in [0, 0.05) is 17.8 Å². The molecule has 1 aromatic rings. The highest BCUT2D eigenvalue weighted by molar-refractivity contribution is 5.86. The van der Waals surface area contributed by atoms with Crippen molar-refractivity contribution in [3.63, 3.8) is 0 Å². The molecule has 0 aromatic heterocycles. The van der Waals surface area contributed by atoms with Crippen LogP contribution in [0.3, 0.4) is 0 Å². The van der Waals surface area contributed by atoms with Gasteiger partial charge in [-0.05, 0) is 31.5 Å². The van der Waals surface area contributed by atoms with Gasteiger partial charge in [0.2, 0.25) is 0 Å². The summed E-state index contributed by atoms with van der Waals surface area (Å²) in [5, 5.41) is 9.08. The number of nitrogens with two attached hydrogens (primary N) is 1. The average molecular weight is 280 g/mol. The van der Waals surface area contributed by atoms with Crippen molar-refractivity contribution in [1.82, 2.24) is 0 Å². The van der Waals surface area contributed by atoms with Gasteiger partial charge in [0.1, 0.15) is 17.5 Å². The molecule has 1 aromatic carbocycles. The van der Waals surface area contributed by atoms with Crippen LogP contribution in [-0.2, 0) is 4.79 Å². The SMILES string of the molecule is COc1ccc(C=NC(CCCN)C(=O)O)c(OC)c1. The zero-order chi connectivity index (χ0) is 15.0. The molecule has 0 bridgehead atoms. The van der Waals surface area contributed by atoms with Crippen LogP contribution in [0.4, 0.5) is 0 Å². The summed E-state index contributed by atoms with van der Waals surface area (Å²) in [6.07, 6.45) is 2.54. The van der Waals surface area contributed by atoms with Crippen LogP contribution in [0, 0.1) is 0 Å². The van der Waals surface area contributed by atoms with Crippen LogP contribution in [0.1, 0.15) is 18.4 Å². The highest BCUT2D eigenvalue weighted by Crippen LogP contribution is 2.23. The Kier molecular flexibility index (Phi) is 6.52. The largest absolute Gasteiger partial charge is 0.497 e. The van der Waals surface area contributed by atoms with Crippen molar-refractivity contribution < 1.29 is 19.4 Å². The van der Waals surface area contributed by atoms with Gasteiger partial charge in [0.05, 0.1) is 14.2 Å². The molecule has 20 heavy (non-hydrogen) atoms. The summed E-state index contributed by atoms with van der Waals surface area (Å²) in [4.78, 5) is 15.2. The van der Waals surface area contributed by atoms with E-state index in [2.05, 4.69) is 4.99 Å². The van der Waals surface area contributed by atoms with Gasteiger partial charge in [-0.2, -0.15) is 0 Å². The molecule has 0 saturated heterocycles. The molecular formula is C14H20N2O4. The van der Waals surface area contributed by atoms with Gasteiger partial charge in [0.25, 0.3) is 0 Å². The van der Waals surface area contributed by atoms with E-state index >= 15 is 0 Å². The molecule has 1 unspecified atom stereocenters. The van der Waals surface area contributed by atoms with Crippen LogP contribution in [0.2, 0.25) is 0 Å². The molecule has 0 saturated carbocycles. The molecular weight excluding hydrogens is 260 g/mol. The number of ether oxygens (including phenoxy) is 2. The van der Waals surface area contributed by atoms with Crippen molar-refractivity contribution in [2.45, 2.75) is 18.9 Å². The number of carbonyl (C=O) groups is 1. The van der Waals surface area contributed by atoms with E-state index < -0.39 is 12.0 Å². The fourth-order valence-electron chi connectivity index (χ4n) is 1.67. The summed E-state index contributed by atoms with van der Waals surface area (Å²) in [6.45, 7) is 0.450. The molecule has 0 aliphatic heterocycles. The molecule has 1 rings (SSSR count). The van der Waals surface area contributed by atoms with Gasteiger partial charge in [-0.15, -0.1) is 0 Å². The predicted octanol–water partition coefficient (Wildman–Crippen LogP) is 1.31. The smallest absolute Gasteiger partial charge is 0.328 e. The fraction of sp³-hybridized carbons (Fsp3) is 0.429. The number of carboxylic acid groups (broad SMARTS) is 1. The van der Waals surface area contributed by atoms with E-state index in [9.17, 15) is 4.79 Å². The number of aliphatic carboxylic acids is 1. The van der Waals surface area contributed by atoms with Crippen LogP contribution >= 0.6 is 0 Å². The number of hydrogen-bond acceptors (Lipinski definition) is 5. The van der Waals surface area contributed by atoms with Crippen LogP contribution in [0.15, 0.2) is 23.2 Å². The Bertz CT molecular complexity index is 474. The van der Waals surface area contributed by atoms with Crippen LogP contribution in [0.25, 0.3) is 0 Å². The average Bonchev–Trinajstić information content (AvgIpc) is 2.46. The number of hydrogen-bond donors (Lipinski definition) is 2. The van der Waals surface area contributed by atoms with Gasteiger partial charge in [-0.3, -0.25) is 4.99 Å². The van der Waals surface area contributed by atoms with E-state index in [0.29, 0.717) is 36.4 Å². The van der Waals surface area contributed by atoms with Gasteiger partial charge in [-0.1, -0.05) is 0 Å². The van der Waals surface area contributed by atoms with E-state index in [1.165, 1.54) is 13.3 Å². The zero-order valence-electron chi connectivity index (χ0n) is 11.7. The number of methoxy groups -OCH3 is 2. The zero-order valence-corrected chi connectivity index (χ0v) is 11.7. The molecule has 0 fully saturated rings. The molecule has 0 heterocycles. The maximum Gasteiger partial charge on any atom is 0.328 e. The van der Waals surface area contributed by atoms with Crippen LogP contribution < -0.4 is 15.2 Å². The Labute approximate surface area is 118 Å². The molecule has 0 amide bonds. The first kappa shape index (κ1) is 16.0. The standard InChI is InChI=1S/C14H20N2O4/c1-19-11-6-5-10(13(8-11)20-2)9-16-12(14(17)18)4-3-7-15/h5-6,8-9,12H,3-4,7,15H2,1-2H3,(H,17,18). The third-order valence-electron chi connectivity index (χ3n) is 2.80. The third kappa shape index (κ3) is 4.55. The molecule has 110 valence electrons. The summed E-state index contributed by atoms with van der Waals surface area (Å²) < 4.78 is 10.3. The van der Waals surface area contributed by atoms with Crippen molar-refractivity contribution >= 4 is 12.2 Å². The minimum atomic E-state index is -0.956. The summed E-state index contributed by atoms with van der Waals surface area (Å²) in [6, 6.07) is 4.46. The second-order valence-electron chi connectivity index (χ2n) is 4.17. The fourth-order valence-corrected chi connectivity index (χ4v) is 1.67. The minimum Gasteiger partial charge on any atom is -0.497 e. The number of rotatable bonds is 8. The highest BCUT2D eigenvalue weighted by Gasteiger charge is 2.14. The highest BCUT2D eigenvalue weighted by atomic mass is 16.5. The quantitative estimate of drug-likeness (QED) is 0.700. The maximum atomic E-state index is 11.1. The maximum absolute atomic E-state index is 11.1. The van der Waals surface area contributed by atoms with E-state index in [0.717, 1.165) is 0 Å². The Morgan fingerprint density at radius 3 is 2.75 bits per heavy atom. The Morgan fingerprint density at radius 2 is 2.20 bits per heavy atom. The van der Waals surface area contributed by atoms with E-state index in [1.54, 1.807) is 25.3 Å². The summed E-state index contributed by atoms with van der Waals surface area (Å²) >= 11 is 0. The van der Waals surface area contributed by atoms with Gasteiger partial charge < -0.3 is 20.3 Å². The molecule has 0 aliphatic rings. The molecule has 0 aliphatic carbocycles. The summed E-state index contributed by atoms with van der Waals surface area (Å²) in [7, 11) is 3.10. The second kappa shape index (κ2) is 8.16. The van der Waals surface area contributed by atoms with Crippen LogP contribution in [0.5, 0.6) is 11.5 Å². The van der Waals surface area contributed by atoms with Crippen molar-refractivity contribution in [3.8, 4) is 11.5 Å². The first-order valence-corrected chi connectivity index (χ1v) is 6.30. The molecule has 6 heteroatoms. The number of aliphatic imine (C=N–C) groups is 1. The van der Waals surface area contributed by atoms with Crippen molar-refractivity contribution in [3.05, 3.63) is 23.8 Å². The van der Waals surface area contributed by atoms with Crippen molar-refractivity contribution in [2.24, 2.45) is 10.7 Å². The van der Waals surface area contributed by atoms with Gasteiger partial charge >= 0.3 is 5.97 Å².